The molecule has 1 heterocycles. The second kappa shape index (κ2) is 2.83. The van der Waals surface area contributed by atoms with Gasteiger partial charge in [-0.05, 0) is 18.6 Å². The van der Waals surface area contributed by atoms with Crippen LogP contribution in [0.15, 0.2) is 12.3 Å². The van der Waals surface area contributed by atoms with E-state index in [9.17, 15) is 0 Å². The molecule has 1 unspecified atom stereocenters. The van der Waals surface area contributed by atoms with Gasteiger partial charge in [0.15, 0.2) is 6.23 Å². The SMILES string of the molecule is Cc1cc[nH]c1C(O)NN. The summed E-state index contributed by atoms with van der Waals surface area (Å²) in [5, 5.41) is 9.13. The molecule has 0 saturated carbocycles. The normalized spacial score (nSPS) is 13.5. The summed E-state index contributed by atoms with van der Waals surface area (Å²) in [7, 11) is 0. The van der Waals surface area contributed by atoms with Crippen LogP contribution in [0.1, 0.15) is 17.5 Å². The van der Waals surface area contributed by atoms with Crippen LogP contribution in [0.5, 0.6) is 0 Å². The number of nitrogens with one attached hydrogen (secondary N) is 2. The van der Waals surface area contributed by atoms with E-state index in [2.05, 4.69) is 10.4 Å². The first-order valence-corrected chi connectivity index (χ1v) is 3.03. The van der Waals surface area contributed by atoms with E-state index in [0.717, 1.165) is 5.56 Å². The van der Waals surface area contributed by atoms with Gasteiger partial charge in [-0.2, -0.15) is 0 Å². The monoisotopic (exact) mass is 141 g/mol. The molecule has 0 aliphatic carbocycles. The van der Waals surface area contributed by atoms with Gasteiger partial charge in [0.25, 0.3) is 0 Å². The fourth-order valence-corrected chi connectivity index (χ4v) is 0.838. The molecule has 0 aliphatic heterocycles. The first-order valence-electron chi connectivity index (χ1n) is 3.03. The Labute approximate surface area is 59.0 Å². The molecule has 56 valence electrons. The lowest BCUT2D eigenvalue weighted by Crippen LogP contribution is -2.28. The van der Waals surface area contributed by atoms with Crippen molar-refractivity contribution in [2.75, 3.05) is 0 Å². The molecule has 0 saturated heterocycles. The Morgan fingerprint density at radius 1 is 1.80 bits per heavy atom. The van der Waals surface area contributed by atoms with Crippen molar-refractivity contribution in [1.29, 1.82) is 0 Å². The maximum Gasteiger partial charge on any atom is 0.158 e. The van der Waals surface area contributed by atoms with Gasteiger partial charge >= 0.3 is 0 Å². The molecule has 5 N–H and O–H groups in total. The van der Waals surface area contributed by atoms with Crippen molar-refractivity contribution in [1.82, 2.24) is 10.4 Å². The number of hydrazine groups is 1. The Bertz CT molecular complexity index is 209. The molecule has 1 aromatic heterocycles. The van der Waals surface area contributed by atoms with Crippen LogP contribution in [0, 0.1) is 6.92 Å². The Balaban J connectivity index is 2.82. The van der Waals surface area contributed by atoms with E-state index in [1.165, 1.54) is 0 Å². The van der Waals surface area contributed by atoms with Crippen molar-refractivity contribution in [2.45, 2.75) is 13.2 Å². The standard InChI is InChI=1S/C6H11N3O/c1-4-2-3-8-5(4)6(10)9-7/h2-3,6,8-10H,7H2,1H3. The topological polar surface area (TPSA) is 74.1 Å². The average molecular weight is 141 g/mol. The van der Waals surface area contributed by atoms with Gasteiger partial charge in [-0.3, -0.25) is 5.84 Å². The predicted molar refractivity (Wildman–Crippen MR) is 37.8 cm³/mol. The van der Waals surface area contributed by atoms with Crippen molar-refractivity contribution in [3.63, 3.8) is 0 Å². The zero-order valence-electron chi connectivity index (χ0n) is 5.76. The number of aliphatic hydroxyl groups is 1. The fraction of sp³-hybridized carbons (Fsp3) is 0.333. The quantitative estimate of drug-likeness (QED) is 0.261. The molecule has 1 atom stereocenters. The lowest BCUT2D eigenvalue weighted by Gasteiger charge is -2.07. The first-order chi connectivity index (χ1) is 4.75. The van der Waals surface area contributed by atoms with Gasteiger partial charge in [0.1, 0.15) is 0 Å². The molecular formula is C6H11N3O. The van der Waals surface area contributed by atoms with Crippen molar-refractivity contribution >= 4 is 0 Å². The number of hydrogen-bond acceptors (Lipinski definition) is 3. The molecule has 0 radical (unpaired) electrons. The van der Waals surface area contributed by atoms with Crippen LogP contribution in [0.2, 0.25) is 0 Å². The Morgan fingerprint density at radius 3 is 2.90 bits per heavy atom. The third-order valence-electron chi connectivity index (χ3n) is 1.43. The van der Waals surface area contributed by atoms with E-state index >= 15 is 0 Å². The maximum atomic E-state index is 9.13. The molecule has 0 amide bonds. The van der Waals surface area contributed by atoms with Gasteiger partial charge in [-0.1, -0.05) is 0 Å². The van der Waals surface area contributed by atoms with E-state index < -0.39 is 6.23 Å². The number of aliphatic hydroxyl groups excluding tert-OH is 1. The Hall–Kier alpha value is -0.840. The predicted octanol–water partition coefficient (Wildman–Crippen LogP) is -0.223. The van der Waals surface area contributed by atoms with Crippen LogP contribution in [0.25, 0.3) is 0 Å². The van der Waals surface area contributed by atoms with E-state index in [0.29, 0.717) is 5.69 Å². The zero-order chi connectivity index (χ0) is 7.56. The van der Waals surface area contributed by atoms with Crippen LogP contribution >= 0.6 is 0 Å². The number of hydrogen-bond donors (Lipinski definition) is 4. The maximum absolute atomic E-state index is 9.13. The minimum absolute atomic E-state index is 0.711. The molecule has 10 heavy (non-hydrogen) atoms. The molecule has 0 spiro atoms. The van der Waals surface area contributed by atoms with Gasteiger partial charge in [0.05, 0.1) is 5.69 Å². The molecule has 4 nitrogen and oxygen atoms in total. The number of rotatable bonds is 2. The second-order valence-corrected chi connectivity index (χ2v) is 2.14. The number of nitrogens with two attached hydrogens (primary N) is 1. The summed E-state index contributed by atoms with van der Waals surface area (Å²) < 4.78 is 0. The van der Waals surface area contributed by atoms with Gasteiger partial charge in [0.2, 0.25) is 0 Å². The van der Waals surface area contributed by atoms with Crippen molar-refractivity contribution in [3.05, 3.63) is 23.5 Å². The minimum atomic E-state index is -0.796. The summed E-state index contributed by atoms with van der Waals surface area (Å²) in [5.74, 6) is 5.01. The third kappa shape index (κ3) is 1.18. The fourth-order valence-electron chi connectivity index (χ4n) is 0.838. The van der Waals surface area contributed by atoms with Crippen LogP contribution in [-0.4, -0.2) is 10.1 Å². The number of aromatic nitrogens is 1. The third-order valence-corrected chi connectivity index (χ3v) is 1.43. The van der Waals surface area contributed by atoms with E-state index in [1.807, 2.05) is 13.0 Å². The summed E-state index contributed by atoms with van der Waals surface area (Å²) in [6.07, 6.45) is 0.959. The van der Waals surface area contributed by atoms with Crippen LogP contribution < -0.4 is 11.3 Å². The summed E-state index contributed by atoms with van der Waals surface area (Å²) in [6.45, 7) is 1.90. The zero-order valence-corrected chi connectivity index (χ0v) is 5.76. The summed E-state index contributed by atoms with van der Waals surface area (Å²) in [5.41, 5.74) is 3.93. The highest BCUT2D eigenvalue weighted by Crippen LogP contribution is 2.10. The molecule has 0 fully saturated rings. The minimum Gasteiger partial charge on any atom is -0.372 e. The molecule has 1 aromatic rings. The first kappa shape index (κ1) is 7.27. The number of aryl methyl sites for hydroxylation is 1. The lowest BCUT2D eigenvalue weighted by molar-refractivity contribution is 0.135. The van der Waals surface area contributed by atoms with Crippen LogP contribution in [-0.2, 0) is 0 Å². The van der Waals surface area contributed by atoms with Crippen LogP contribution in [0.4, 0.5) is 0 Å². The smallest absolute Gasteiger partial charge is 0.158 e. The van der Waals surface area contributed by atoms with Gasteiger partial charge in [0, 0.05) is 6.20 Å². The second-order valence-electron chi connectivity index (χ2n) is 2.14. The van der Waals surface area contributed by atoms with E-state index in [-0.39, 0.29) is 0 Å². The summed E-state index contributed by atoms with van der Waals surface area (Å²) in [6, 6.07) is 1.87. The Kier molecular flexibility index (Phi) is 2.06. The van der Waals surface area contributed by atoms with Crippen LogP contribution in [0.3, 0.4) is 0 Å². The summed E-state index contributed by atoms with van der Waals surface area (Å²) >= 11 is 0. The lowest BCUT2D eigenvalue weighted by atomic mass is 10.2. The number of H-pyrrole nitrogens is 1. The van der Waals surface area contributed by atoms with E-state index in [4.69, 9.17) is 10.9 Å². The molecule has 0 aliphatic rings. The van der Waals surface area contributed by atoms with Crippen molar-refractivity contribution in [2.24, 2.45) is 5.84 Å². The highest BCUT2D eigenvalue weighted by atomic mass is 16.3. The largest absolute Gasteiger partial charge is 0.372 e. The van der Waals surface area contributed by atoms with E-state index in [1.54, 1.807) is 6.20 Å². The highest BCUT2D eigenvalue weighted by molar-refractivity contribution is 5.19. The van der Waals surface area contributed by atoms with Crippen molar-refractivity contribution < 1.29 is 5.11 Å². The summed E-state index contributed by atoms with van der Waals surface area (Å²) in [4.78, 5) is 2.86. The van der Waals surface area contributed by atoms with Gasteiger partial charge in [-0.15, -0.1) is 0 Å². The van der Waals surface area contributed by atoms with Gasteiger partial charge in [-0.25, -0.2) is 5.43 Å². The molecule has 0 aromatic carbocycles. The molecule has 1 rings (SSSR count). The highest BCUT2D eigenvalue weighted by Gasteiger charge is 2.07. The van der Waals surface area contributed by atoms with Crippen molar-refractivity contribution in [3.8, 4) is 0 Å². The molecule has 0 bridgehead atoms. The Morgan fingerprint density at radius 2 is 2.50 bits per heavy atom. The van der Waals surface area contributed by atoms with Gasteiger partial charge < -0.3 is 10.1 Å². The molecule has 4 heteroatoms. The average Bonchev–Trinajstić information content (AvgIpc) is 2.34. The molecular weight excluding hydrogens is 130 g/mol. The number of aromatic amines is 1.